The molecule has 17 heavy (non-hydrogen) atoms. The van der Waals surface area contributed by atoms with Crippen molar-refractivity contribution in [3.63, 3.8) is 0 Å². The van der Waals surface area contributed by atoms with E-state index in [9.17, 15) is 0 Å². The van der Waals surface area contributed by atoms with Crippen LogP contribution in [0.2, 0.25) is 0 Å². The van der Waals surface area contributed by atoms with Gasteiger partial charge in [0.2, 0.25) is 0 Å². The SMILES string of the molecule is Cc1cc2c(NN)nc(CCC(C)C)nc2s1. The Morgan fingerprint density at radius 3 is 2.82 bits per heavy atom. The molecule has 0 saturated heterocycles. The summed E-state index contributed by atoms with van der Waals surface area (Å²) in [4.78, 5) is 11.3. The Hall–Kier alpha value is -1.20. The molecule has 5 heteroatoms. The van der Waals surface area contributed by atoms with Gasteiger partial charge >= 0.3 is 0 Å². The van der Waals surface area contributed by atoms with Crippen LogP contribution >= 0.6 is 11.3 Å². The first-order valence-electron chi connectivity index (χ1n) is 5.84. The number of rotatable bonds is 4. The van der Waals surface area contributed by atoms with E-state index in [2.05, 4.69) is 42.2 Å². The van der Waals surface area contributed by atoms with Gasteiger partial charge in [-0.15, -0.1) is 11.3 Å². The fourth-order valence-electron chi connectivity index (χ4n) is 1.73. The maximum absolute atomic E-state index is 5.51. The molecule has 0 aromatic carbocycles. The molecule has 2 heterocycles. The molecule has 0 saturated carbocycles. The zero-order valence-electron chi connectivity index (χ0n) is 10.4. The van der Waals surface area contributed by atoms with Crippen LogP contribution in [-0.4, -0.2) is 9.97 Å². The van der Waals surface area contributed by atoms with Gasteiger partial charge in [0, 0.05) is 11.3 Å². The van der Waals surface area contributed by atoms with Gasteiger partial charge in [0.15, 0.2) is 5.82 Å². The van der Waals surface area contributed by atoms with E-state index in [4.69, 9.17) is 5.84 Å². The Morgan fingerprint density at radius 2 is 2.18 bits per heavy atom. The molecule has 0 bridgehead atoms. The van der Waals surface area contributed by atoms with E-state index in [0.29, 0.717) is 5.92 Å². The third-order valence-electron chi connectivity index (χ3n) is 2.64. The number of fused-ring (bicyclic) bond motifs is 1. The van der Waals surface area contributed by atoms with Crippen LogP contribution in [-0.2, 0) is 6.42 Å². The predicted molar refractivity (Wildman–Crippen MR) is 73.1 cm³/mol. The number of aryl methyl sites for hydroxylation is 2. The van der Waals surface area contributed by atoms with E-state index in [1.807, 2.05) is 0 Å². The molecule has 0 radical (unpaired) electrons. The van der Waals surface area contributed by atoms with Crippen molar-refractivity contribution in [2.24, 2.45) is 11.8 Å². The molecule has 2 aromatic heterocycles. The summed E-state index contributed by atoms with van der Waals surface area (Å²) in [7, 11) is 0. The Bertz CT molecular complexity index is 518. The molecular weight excluding hydrogens is 232 g/mol. The minimum atomic E-state index is 0.661. The van der Waals surface area contributed by atoms with E-state index in [0.717, 1.165) is 34.7 Å². The summed E-state index contributed by atoms with van der Waals surface area (Å²) >= 11 is 1.68. The fraction of sp³-hybridized carbons (Fsp3) is 0.500. The average molecular weight is 250 g/mol. The Labute approximate surface area is 105 Å². The minimum Gasteiger partial charge on any atom is -0.308 e. The van der Waals surface area contributed by atoms with Crippen molar-refractivity contribution in [1.82, 2.24) is 9.97 Å². The lowest BCUT2D eigenvalue weighted by Gasteiger charge is -2.06. The largest absolute Gasteiger partial charge is 0.308 e. The topological polar surface area (TPSA) is 63.8 Å². The molecule has 4 nitrogen and oxygen atoms in total. The van der Waals surface area contributed by atoms with Crippen molar-refractivity contribution in [3.8, 4) is 0 Å². The zero-order valence-corrected chi connectivity index (χ0v) is 11.3. The summed E-state index contributed by atoms with van der Waals surface area (Å²) in [5.74, 6) is 7.79. The summed E-state index contributed by atoms with van der Waals surface area (Å²) in [6.45, 7) is 6.48. The van der Waals surface area contributed by atoms with Gasteiger partial charge < -0.3 is 5.43 Å². The van der Waals surface area contributed by atoms with Crippen molar-refractivity contribution in [3.05, 3.63) is 16.8 Å². The quantitative estimate of drug-likeness (QED) is 0.647. The van der Waals surface area contributed by atoms with E-state index in [1.54, 1.807) is 11.3 Å². The number of anilines is 1. The van der Waals surface area contributed by atoms with Gasteiger partial charge in [-0.05, 0) is 25.3 Å². The molecule has 0 atom stereocenters. The van der Waals surface area contributed by atoms with Gasteiger partial charge in [0.25, 0.3) is 0 Å². The summed E-state index contributed by atoms with van der Waals surface area (Å²) in [6, 6.07) is 2.07. The number of thiophene rings is 1. The van der Waals surface area contributed by atoms with Gasteiger partial charge in [0.1, 0.15) is 10.7 Å². The molecule has 2 aromatic rings. The lowest BCUT2D eigenvalue weighted by Crippen LogP contribution is -2.11. The van der Waals surface area contributed by atoms with Crippen LogP contribution in [0.25, 0.3) is 10.2 Å². The Balaban J connectivity index is 2.37. The third-order valence-corrected chi connectivity index (χ3v) is 3.59. The second kappa shape index (κ2) is 4.98. The number of nitrogens with two attached hydrogens (primary N) is 1. The first-order chi connectivity index (χ1) is 8.10. The van der Waals surface area contributed by atoms with Crippen LogP contribution in [0.15, 0.2) is 6.07 Å². The van der Waals surface area contributed by atoms with Gasteiger partial charge in [-0.1, -0.05) is 13.8 Å². The van der Waals surface area contributed by atoms with Crippen molar-refractivity contribution in [1.29, 1.82) is 0 Å². The van der Waals surface area contributed by atoms with Crippen LogP contribution < -0.4 is 11.3 Å². The van der Waals surface area contributed by atoms with Gasteiger partial charge in [0.05, 0.1) is 5.39 Å². The smallest absolute Gasteiger partial charge is 0.152 e. The predicted octanol–water partition coefficient (Wildman–Crippen LogP) is 2.87. The van der Waals surface area contributed by atoms with E-state index < -0.39 is 0 Å². The highest BCUT2D eigenvalue weighted by Gasteiger charge is 2.10. The van der Waals surface area contributed by atoms with Gasteiger partial charge in [-0.3, -0.25) is 0 Å². The highest BCUT2D eigenvalue weighted by molar-refractivity contribution is 7.18. The third kappa shape index (κ3) is 2.73. The molecule has 0 aliphatic heterocycles. The van der Waals surface area contributed by atoms with E-state index >= 15 is 0 Å². The van der Waals surface area contributed by atoms with Crippen LogP contribution in [0.3, 0.4) is 0 Å². The molecular formula is C12H18N4S. The molecule has 92 valence electrons. The molecule has 0 aliphatic rings. The van der Waals surface area contributed by atoms with Crippen molar-refractivity contribution >= 4 is 27.4 Å². The highest BCUT2D eigenvalue weighted by Crippen LogP contribution is 2.28. The Morgan fingerprint density at radius 1 is 1.41 bits per heavy atom. The van der Waals surface area contributed by atoms with Gasteiger partial charge in [-0.25, -0.2) is 15.8 Å². The number of nitrogen functional groups attached to an aromatic ring is 1. The van der Waals surface area contributed by atoms with Gasteiger partial charge in [-0.2, -0.15) is 0 Å². The molecule has 3 N–H and O–H groups in total. The number of aromatic nitrogens is 2. The summed E-state index contributed by atoms with van der Waals surface area (Å²) in [6.07, 6.45) is 2.00. The fourth-order valence-corrected chi connectivity index (χ4v) is 2.62. The summed E-state index contributed by atoms with van der Waals surface area (Å²) < 4.78 is 0. The number of nitrogens with one attached hydrogen (secondary N) is 1. The minimum absolute atomic E-state index is 0.661. The molecule has 2 rings (SSSR count). The monoisotopic (exact) mass is 250 g/mol. The van der Waals surface area contributed by atoms with E-state index in [1.165, 1.54) is 4.88 Å². The number of hydrazine groups is 1. The average Bonchev–Trinajstić information content (AvgIpc) is 2.65. The zero-order chi connectivity index (χ0) is 12.4. The van der Waals surface area contributed by atoms with Crippen molar-refractivity contribution in [2.75, 3.05) is 5.43 Å². The number of nitrogens with zero attached hydrogens (tertiary/aromatic N) is 2. The van der Waals surface area contributed by atoms with Crippen LogP contribution in [0.5, 0.6) is 0 Å². The number of hydrogen-bond acceptors (Lipinski definition) is 5. The molecule has 0 unspecified atom stereocenters. The summed E-state index contributed by atoms with van der Waals surface area (Å²) in [5.41, 5.74) is 2.67. The maximum Gasteiger partial charge on any atom is 0.152 e. The molecule has 0 fully saturated rings. The summed E-state index contributed by atoms with van der Waals surface area (Å²) in [5, 5.41) is 1.02. The van der Waals surface area contributed by atoms with Crippen LogP contribution in [0.1, 0.15) is 31.0 Å². The van der Waals surface area contributed by atoms with Crippen molar-refractivity contribution < 1.29 is 0 Å². The second-order valence-electron chi connectivity index (χ2n) is 4.64. The maximum atomic E-state index is 5.51. The molecule has 0 amide bonds. The number of hydrogen-bond donors (Lipinski definition) is 2. The van der Waals surface area contributed by atoms with Crippen LogP contribution in [0.4, 0.5) is 5.82 Å². The molecule has 0 aliphatic carbocycles. The lowest BCUT2D eigenvalue weighted by molar-refractivity contribution is 0.576. The normalized spacial score (nSPS) is 11.4. The highest BCUT2D eigenvalue weighted by atomic mass is 32.1. The lowest BCUT2D eigenvalue weighted by atomic mass is 10.1. The molecule has 0 spiro atoms. The first-order valence-corrected chi connectivity index (χ1v) is 6.65. The second-order valence-corrected chi connectivity index (χ2v) is 5.88. The Kier molecular flexibility index (Phi) is 3.59. The van der Waals surface area contributed by atoms with Crippen molar-refractivity contribution in [2.45, 2.75) is 33.6 Å². The first kappa shape index (κ1) is 12.3. The van der Waals surface area contributed by atoms with Crippen LogP contribution in [0, 0.1) is 12.8 Å². The van der Waals surface area contributed by atoms with E-state index in [-0.39, 0.29) is 0 Å². The standard InChI is InChI=1S/C12H18N4S/c1-7(2)4-5-10-14-11(16-13)9-6-8(3)17-12(9)15-10/h6-7H,4-5,13H2,1-3H3,(H,14,15,16).